The molecule has 0 bridgehead atoms. The maximum Gasteiger partial charge on any atom is 0.124 e. The van der Waals surface area contributed by atoms with Crippen LogP contribution in [0.4, 0.5) is 4.39 Å². The average molecular weight is 241 g/mol. The molecule has 0 saturated carbocycles. The molecule has 0 aliphatic rings. The molecule has 1 rings (SSSR count). The van der Waals surface area contributed by atoms with Crippen molar-refractivity contribution in [2.75, 3.05) is 5.75 Å². The highest BCUT2D eigenvalue weighted by Crippen LogP contribution is 2.23. The van der Waals surface area contributed by atoms with Crippen LogP contribution >= 0.6 is 12.6 Å². The van der Waals surface area contributed by atoms with Crippen LogP contribution in [0.5, 0.6) is 0 Å². The van der Waals surface area contributed by atoms with Crippen LogP contribution in [0, 0.1) is 17.1 Å². The zero-order valence-electron chi connectivity index (χ0n) is 8.47. The van der Waals surface area contributed by atoms with Crippen LogP contribution in [0.15, 0.2) is 18.2 Å². The largest absolute Gasteiger partial charge is 0.390 e. The van der Waals surface area contributed by atoms with Crippen molar-refractivity contribution >= 4 is 12.6 Å². The number of halogens is 1. The number of nitriles is 1. The van der Waals surface area contributed by atoms with Crippen molar-refractivity contribution in [3.63, 3.8) is 0 Å². The van der Waals surface area contributed by atoms with Gasteiger partial charge in [-0.15, -0.1) is 0 Å². The van der Waals surface area contributed by atoms with Crippen LogP contribution in [0.1, 0.15) is 23.7 Å². The number of nitrogens with zero attached hydrogens (tertiary/aromatic N) is 1. The lowest BCUT2D eigenvalue weighted by Crippen LogP contribution is -2.19. The van der Waals surface area contributed by atoms with E-state index in [2.05, 4.69) is 12.6 Å². The third kappa shape index (κ3) is 2.95. The monoisotopic (exact) mass is 241 g/mol. The Morgan fingerprint density at radius 3 is 2.69 bits per heavy atom. The highest BCUT2D eigenvalue weighted by molar-refractivity contribution is 7.80. The number of rotatable bonds is 4. The summed E-state index contributed by atoms with van der Waals surface area (Å²) in [6.07, 6.45) is -1.90. The first-order valence-electron chi connectivity index (χ1n) is 4.76. The van der Waals surface area contributed by atoms with Gasteiger partial charge in [0.15, 0.2) is 0 Å². The molecular weight excluding hydrogens is 229 g/mol. The van der Waals surface area contributed by atoms with Crippen molar-refractivity contribution in [1.82, 2.24) is 0 Å². The molecule has 0 amide bonds. The molecule has 0 radical (unpaired) electrons. The summed E-state index contributed by atoms with van der Waals surface area (Å²) in [6, 6.07) is 5.27. The summed E-state index contributed by atoms with van der Waals surface area (Å²) in [7, 11) is 0. The van der Waals surface area contributed by atoms with Gasteiger partial charge in [0.1, 0.15) is 11.9 Å². The summed E-state index contributed by atoms with van der Waals surface area (Å²) in [5.41, 5.74) is 0.267. The number of thiol groups is 1. The molecular formula is C11H12FNO2S. The second kappa shape index (κ2) is 5.85. The van der Waals surface area contributed by atoms with Gasteiger partial charge in [0.25, 0.3) is 0 Å². The molecule has 0 spiro atoms. The molecule has 1 aromatic carbocycles. The van der Waals surface area contributed by atoms with E-state index < -0.39 is 18.0 Å². The van der Waals surface area contributed by atoms with Crippen molar-refractivity contribution in [3.05, 3.63) is 35.1 Å². The number of hydrogen-bond donors (Lipinski definition) is 3. The SMILES string of the molecule is N#Cc1cc(F)ccc1C(O)C(O)CCS. The second-order valence-electron chi connectivity index (χ2n) is 3.37. The summed E-state index contributed by atoms with van der Waals surface area (Å²) in [5.74, 6) is -0.127. The highest BCUT2D eigenvalue weighted by atomic mass is 32.1. The minimum atomic E-state index is -1.19. The topological polar surface area (TPSA) is 64.2 Å². The highest BCUT2D eigenvalue weighted by Gasteiger charge is 2.20. The standard InChI is InChI=1S/C11H12FNO2S/c12-8-1-2-9(7(5-8)6-13)11(15)10(14)3-4-16/h1-2,5,10-11,14-16H,3-4H2. The second-order valence-corrected chi connectivity index (χ2v) is 3.82. The minimum absolute atomic E-state index is 0.0331. The van der Waals surface area contributed by atoms with Gasteiger partial charge in [-0.1, -0.05) is 6.07 Å². The molecule has 1 aromatic rings. The van der Waals surface area contributed by atoms with E-state index >= 15 is 0 Å². The average Bonchev–Trinajstić information content (AvgIpc) is 2.28. The van der Waals surface area contributed by atoms with Crippen molar-refractivity contribution in [1.29, 1.82) is 5.26 Å². The maximum atomic E-state index is 12.8. The third-order valence-corrected chi connectivity index (χ3v) is 2.50. The van der Waals surface area contributed by atoms with Gasteiger partial charge in [0, 0.05) is 5.56 Å². The Morgan fingerprint density at radius 2 is 2.12 bits per heavy atom. The van der Waals surface area contributed by atoms with Crippen LogP contribution in [0.25, 0.3) is 0 Å². The van der Waals surface area contributed by atoms with Gasteiger partial charge in [-0.05, 0) is 24.3 Å². The smallest absolute Gasteiger partial charge is 0.124 e. The number of hydrogen-bond acceptors (Lipinski definition) is 4. The zero-order chi connectivity index (χ0) is 12.1. The molecule has 2 unspecified atom stereocenters. The fourth-order valence-corrected chi connectivity index (χ4v) is 1.65. The van der Waals surface area contributed by atoms with Gasteiger partial charge in [-0.2, -0.15) is 17.9 Å². The first kappa shape index (κ1) is 13.0. The molecule has 0 aliphatic heterocycles. The predicted octanol–water partition coefficient (Wildman–Crippen LogP) is 1.41. The normalized spacial score (nSPS) is 14.2. The van der Waals surface area contributed by atoms with Crippen LogP contribution in [-0.2, 0) is 0 Å². The Kier molecular flexibility index (Phi) is 4.74. The van der Waals surface area contributed by atoms with E-state index in [4.69, 9.17) is 5.26 Å². The lowest BCUT2D eigenvalue weighted by molar-refractivity contribution is 0.0170. The minimum Gasteiger partial charge on any atom is -0.390 e. The summed E-state index contributed by atoms with van der Waals surface area (Å²) in [5, 5.41) is 28.1. The Labute approximate surface area is 98.6 Å². The lowest BCUT2D eigenvalue weighted by Gasteiger charge is -2.18. The molecule has 0 saturated heterocycles. The van der Waals surface area contributed by atoms with Gasteiger partial charge in [-0.25, -0.2) is 4.39 Å². The molecule has 5 heteroatoms. The van der Waals surface area contributed by atoms with E-state index in [1.54, 1.807) is 6.07 Å². The van der Waals surface area contributed by atoms with Gasteiger partial charge in [-0.3, -0.25) is 0 Å². The van der Waals surface area contributed by atoms with Gasteiger partial charge in [0.05, 0.1) is 17.7 Å². The van der Waals surface area contributed by atoms with E-state index in [0.717, 1.165) is 12.1 Å². The molecule has 0 heterocycles. The van der Waals surface area contributed by atoms with Crippen molar-refractivity contribution < 1.29 is 14.6 Å². The predicted molar refractivity (Wildman–Crippen MR) is 60.6 cm³/mol. The zero-order valence-corrected chi connectivity index (χ0v) is 9.36. The van der Waals surface area contributed by atoms with Crippen molar-refractivity contribution in [2.45, 2.75) is 18.6 Å². The molecule has 3 nitrogen and oxygen atoms in total. The van der Waals surface area contributed by atoms with Crippen molar-refractivity contribution in [3.8, 4) is 6.07 Å². The van der Waals surface area contributed by atoms with Crippen molar-refractivity contribution in [2.24, 2.45) is 0 Å². The lowest BCUT2D eigenvalue weighted by atomic mass is 9.98. The summed E-state index contributed by atoms with van der Waals surface area (Å²) in [6.45, 7) is 0. The quantitative estimate of drug-likeness (QED) is 0.698. The van der Waals surface area contributed by atoms with Crippen LogP contribution in [0.2, 0.25) is 0 Å². The van der Waals surface area contributed by atoms with E-state index in [1.807, 2.05) is 0 Å². The van der Waals surface area contributed by atoms with Crippen LogP contribution in [0.3, 0.4) is 0 Å². The number of aliphatic hydroxyl groups excluding tert-OH is 2. The van der Waals surface area contributed by atoms with E-state index in [1.165, 1.54) is 6.07 Å². The molecule has 2 atom stereocenters. The summed E-state index contributed by atoms with van der Waals surface area (Å²) < 4.78 is 12.8. The Bertz CT molecular complexity index is 405. The molecule has 86 valence electrons. The van der Waals surface area contributed by atoms with Crippen LogP contribution in [-0.4, -0.2) is 22.1 Å². The maximum absolute atomic E-state index is 12.8. The fourth-order valence-electron chi connectivity index (χ4n) is 1.38. The first-order valence-corrected chi connectivity index (χ1v) is 5.40. The molecule has 0 aliphatic carbocycles. The number of benzene rings is 1. The number of aliphatic hydroxyl groups is 2. The molecule has 0 fully saturated rings. The third-order valence-electron chi connectivity index (χ3n) is 2.24. The summed E-state index contributed by atoms with van der Waals surface area (Å²) in [4.78, 5) is 0. The molecule has 2 N–H and O–H groups in total. The van der Waals surface area contributed by atoms with Gasteiger partial charge < -0.3 is 10.2 Å². The Hall–Kier alpha value is -1.09. The van der Waals surface area contributed by atoms with Gasteiger partial charge in [0.2, 0.25) is 0 Å². The Balaban J connectivity index is 2.99. The Morgan fingerprint density at radius 1 is 1.44 bits per heavy atom. The fraction of sp³-hybridized carbons (Fsp3) is 0.364. The van der Waals surface area contributed by atoms with Crippen LogP contribution < -0.4 is 0 Å². The van der Waals surface area contributed by atoms with E-state index in [0.29, 0.717) is 12.2 Å². The first-order chi connectivity index (χ1) is 7.60. The summed E-state index contributed by atoms with van der Waals surface area (Å²) >= 11 is 3.94. The molecule has 16 heavy (non-hydrogen) atoms. The van der Waals surface area contributed by atoms with E-state index in [9.17, 15) is 14.6 Å². The molecule has 0 aromatic heterocycles. The van der Waals surface area contributed by atoms with E-state index in [-0.39, 0.29) is 11.1 Å². The van der Waals surface area contributed by atoms with Gasteiger partial charge >= 0.3 is 0 Å².